The smallest absolute Gasteiger partial charge is 0.415 e. The lowest BCUT2D eigenvalue weighted by atomic mass is 10.0. The zero-order valence-electron chi connectivity index (χ0n) is 13.8. The Kier molecular flexibility index (Phi) is 7.08. The van der Waals surface area contributed by atoms with Crippen molar-refractivity contribution in [1.82, 2.24) is 4.90 Å². The highest BCUT2D eigenvalue weighted by molar-refractivity contribution is 8.13. The van der Waals surface area contributed by atoms with Gasteiger partial charge in [0.1, 0.15) is 0 Å². The molecule has 1 amide bonds. The van der Waals surface area contributed by atoms with Crippen LogP contribution in [-0.4, -0.2) is 65.2 Å². The molecule has 130 valence electrons. The van der Waals surface area contributed by atoms with Crippen molar-refractivity contribution in [1.29, 1.82) is 0 Å². The summed E-state index contributed by atoms with van der Waals surface area (Å²) in [6.07, 6.45) is 5.73. The number of methoxy groups -OCH3 is 1. The van der Waals surface area contributed by atoms with Crippen LogP contribution in [0.4, 0.5) is 4.79 Å². The average molecular weight is 361 g/mol. The third-order valence-electron chi connectivity index (χ3n) is 4.05. The van der Waals surface area contributed by atoms with Gasteiger partial charge in [-0.3, -0.25) is 14.7 Å². The second-order valence-corrected chi connectivity index (χ2v) is 7.62. The monoisotopic (exact) mass is 360 g/mol. The Balaban J connectivity index is 1.80. The van der Waals surface area contributed by atoms with E-state index in [1.165, 1.54) is 25.8 Å². The maximum absolute atomic E-state index is 12.0. The number of rotatable bonds is 6. The first kappa shape index (κ1) is 18.4. The van der Waals surface area contributed by atoms with Crippen LogP contribution in [0, 0.1) is 0 Å². The molecule has 0 N–H and O–H groups in total. The molecule has 0 aromatic heterocycles. The molecule has 0 aliphatic carbocycles. The average Bonchev–Trinajstić information content (AvgIpc) is 3.08. The van der Waals surface area contributed by atoms with E-state index in [0.717, 1.165) is 36.6 Å². The second-order valence-electron chi connectivity index (χ2n) is 5.57. The molecular formula is C15H24N2O4S2. The summed E-state index contributed by atoms with van der Waals surface area (Å²) in [5.74, 6) is 0.692. The molecule has 0 aromatic rings. The summed E-state index contributed by atoms with van der Waals surface area (Å²) >= 11 is 3.39. The molecule has 2 aliphatic heterocycles. The predicted octanol–water partition coefficient (Wildman–Crippen LogP) is 2.76. The van der Waals surface area contributed by atoms with Crippen molar-refractivity contribution in [2.75, 3.05) is 25.7 Å². The molecular weight excluding hydrogens is 336 g/mol. The van der Waals surface area contributed by atoms with E-state index in [0.29, 0.717) is 11.9 Å². The molecule has 1 saturated heterocycles. The van der Waals surface area contributed by atoms with Crippen LogP contribution in [0.3, 0.4) is 0 Å². The number of fused-ring (bicyclic) bond motifs is 1. The van der Waals surface area contributed by atoms with Crippen molar-refractivity contribution in [3.63, 3.8) is 0 Å². The molecule has 0 spiro atoms. The van der Waals surface area contributed by atoms with Crippen LogP contribution < -0.4 is 0 Å². The number of hydrogen-bond donors (Lipinski definition) is 0. The minimum Gasteiger partial charge on any atom is -0.466 e. The Labute approximate surface area is 145 Å². The topological polar surface area (TPSA) is 68.2 Å². The Morgan fingerprint density at radius 1 is 1.39 bits per heavy atom. The number of carbonyl (C=O) groups excluding carboxylic acids is 2. The van der Waals surface area contributed by atoms with E-state index in [1.54, 1.807) is 4.90 Å². The number of nitrogens with zero attached hydrogens (tertiary/aromatic N) is 2. The summed E-state index contributed by atoms with van der Waals surface area (Å²) in [5.41, 5.74) is 0. The number of thioether (sulfide) groups is 2. The second kappa shape index (κ2) is 8.82. The van der Waals surface area contributed by atoms with Crippen LogP contribution in [0.2, 0.25) is 0 Å². The van der Waals surface area contributed by atoms with Gasteiger partial charge >= 0.3 is 12.1 Å². The number of aliphatic imine (C=N–C) groups is 1. The summed E-state index contributed by atoms with van der Waals surface area (Å²) in [7, 11) is 1.41. The fourth-order valence-electron chi connectivity index (χ4n) is 2.95. The highest BCUT2D eigenvalue weighted by atomic mass is 32.2. The number of esters is 1. The van der Waals surface area contributed by atoms with Gasteiger partial charge in [-0.2, -0.15) is 11.8 Å². The molecule has 0 bridgehead atoms. The quantitative estimate of drug-likeness (QED) is 0.536. The fourth-order valence-corrected chi connectivity index (χ4v) is 5.15. The van der Waals surface area contributed by atoms with Gasteiger partial charge in [-0.25, -0.2) is 4.79 Å². The van der Waals surface area contributed by atoms with Gasteiger partial charge in [-0.15, -0.1) is 0 Å². The van der Waals surface area contributed by atoms with Gasteiger partial charge in [0.25, 0.3) is 0 Å². The Bertz CT molecular complexity index is 472. The van der Waals surface area contributed by atoms with Crippen molar-refractivity contribution < 1.29 is 19.1 Å². The molecule has 0 saturated carbocycles. The lowest BCUT2D eigenvalue weighted by Crippen LogP contribution is -2.43. The summed E-state index contributed by atoms with van der Waals surface area (Å²) < 4.78 is 9.83. The molecule has 2 heterocycles. The molecule has 23 heavy (non-hydrogen) atoms. The predicted molar refractivity (Wildman–Crippen MR) is 94.1 cm³/mol. The molecule has 6 nitrogen and oxygen atoms in total. The van der Waals surface area contributed by atoms with Crippen molar-refractivity contribution in [2.24, 2.45) is 4.99 Å². The number of hydrogen-bond acceptors (Lipinski definition) is 7. The van der Waals surface area contributed by atoms with Gasteiger partial charge in [0.05, 0.1) is 25.8 Å². The van der Waals surface area contributed by atoms with Crippen LogP contribution in [0.25, 0.3) is 0 Å². The SMILES string of the molecule is COC(=O)N1C(SC)=NC2C(CCCCCOC(C)=O)SCC21. The number of carbonyl (C=O) groups is 2. The van der Waals surface area contributed by atoms with Crippen molar-refractivity contribution in [2.45, 2.75) is 49.9 Å². The lowest BCUT2D eigenvalue weighted by molar-refractivity contribution is -0.141. The van der Waals surface area contributed by atoms with Crippen LogP contribution in [0.15, 0.2) is 4.99 Å². The molecule has 2 aliphatic rings. The van der Waals surface area contributed by atoms with E-state index < -0.39 is 0 Å². The van der Waals surface area contributed by atoms with E-state index in [2.05, 4.69) is 0 Å². The van der Waals surface area contributed by atoms with Crippen LogP contribution in [-0.2, 0) is 14.3 Å². The first-order chi connectivity index (χ1) is 11.1. The van der Waals surface area contributed by atoms with Crippen molar-refractivity contribution in [3.8, 4) is 0 Å². The third-order valence-corrected chi connectivity index (χ3v) is 6.19. The maximum Gasteiger partial charge on any atom is 0.415 e. The lowest BCUT2D eigenvalue weighted by Gasteiger charge is -2.22. The van der Waals surface area contributed by atoms with Crippen LogP contribution in [0.5, 0.6) is 0 Å². The summed E-state index contributed by atoms with van der Waals surface area (Å²) in [6.45, 7) is 1.94. The highest BCUT2D eigenvalue weighted by Crippen LogP contribution is 2.40. The van der Waals surface area contributed by atoms with E-state index in [1.807, 2.05) is 18.0 Å². The van der Waals surface area contributed by atoms with Gasteiger partial charge in [0, 0.05) is 17.9 Å². The molecule has 1 fully saturated rings. The first-order valence-electron chi connectivity index (χ1n) is 7.82. The zero-order chi connectivity index (χ0) is 16.8. The molecule has 8 heteroatoms. The number of amides is 1. The van der Waals surface area contributed by atoms with Gasteiger partial charge < -0.3 is 9.47 Å². The van der Waals surface area contributed by atoms with E-state index in [4.69, 9.17) is 14.5 Å². The maximum atomic E-state index is 12.0. The van der Waals surface area contributed by atoms with Gasteiger partial charge in [-0.05, 0) is 19.1 Å². The fraction of sp³-hybridized carbons (Fsp3) is 0.800. The zero-order valence-corrected chi connectivity index (χ0v) is 15.5. The third kappa shape index (κ3) is 4.56. The Hall–Kier alpha value is -0.890. The number of amidine groups is 1. The van der Waals surface area contributed by atoms with Crippen LogP contribution >= 0.6 is 23.5 Å². The van der Waals surface area contributed by atoms with Gasteiger partial charge in [0.2, 0.25) is 0 Å². The highest BCUT2D eigenvalue weighted by Gasteiger charge is 2.48. The summed E-state index contributed by atoms with van der Waals surface area (Å²) in [6, 6.07) is 0.302. The van der Waals surface area contributed by atoms with E-state index >= 15 is 0 Å². The minimum absolute atomic E-state index is 0.126. The van der Waals surface area contributed by atoms with E-state index in [9.17, 15) is 9.59 Å². The molecule has 2 rings (SSSR count). The molecule has 3 unspecified atom stereocenters. The van der Waals surface area contributed by atoms with Crippen LogP contribution in [0.1, 0.15) is 32.6 Å². The standard InChI is InChI=1S/C15H24N2O4S2/c1-10(18)21-8-6-4-5-7-12-13-11(9-23-12)17(15(19)20-2)14(16-13)22-3/h11-13H,4-9H2,1-3H3. The molecule has 3 atom stereocenters. The normalized spacial score (nSPS) is 26.0. The number of unbranched alkanes of at least 4 members (excludes halogenated alkanes) is 2. The largest absolute Gasteiger partial charge is 0.466 e. The summed E-state index contributed by atoms with van der Waals surface area (Å²) in [5, 5.41) is 1.22. The molecule has 0 aromatic carbocycles. The summed E-state index contributed by atoms with van der Waals surface area (Å²) in [4.78, 5) is 29.1. The van der Waals surface area contributed by atoms with Crippen molar-refractivity contribution in [3.05, 3.63) is 0 Å². The first-order valence-corrected chi connectivity index (χ1v) is 10.1. The minimum atomic E-state index is -0.312. The van der Waals surface area contributed by atoms with Gasteiger partial charge in [-0.1, -0.05) is 24.6 Å². The van der Waals surface area contributed by atoms with E-state index in [-0.39, 0.29) is 24.1 Å². The van der Waals surface area contributed by atoms with Crippen molar-refractivity contribution >= 4 is 40.8 Å². The number of ether oxygens (including phenoxy) is 2. The Morgan fingerprint density at radius 3 is 2.83 bits per heavy atom. The molecule has 0 radical (unpaired) electrons. The van der Waals surface area contributed by atoms with Gasteiger partial charge in [0.15, 0.2) is 5.17 Å². The Morgan fingerprint density at radius 2 is 2.17 bits per heavy atom.